The fourth-order valence-electron chi connectivity index (χ4n) is 4.03. The summed E-state index contributed by atoms with van der Waals surface area (Å²) in [5, 5.41) is 12.4. The number of carbonyl (C=O) groups is 1. The molecule has 5 rings (SSSR count). The number of rotatable bonds is 5. The first-order chi connectivity index (χ1) is 15.1. The van der Waals surface area contributed by atoms with E-state index >= 15 is 0 Å². The Balaban J connectivity index is 1.44. The molecule has 1 atom stereocenters. The molecule has 1 saturated heterocycles. The molecular weight excluding hydrogens is 412 g/mol. The number of hydrogen-bond donors (Lipinski definition) is 2. The molecule has 31 heavy (non-hydrogen) atoms. The zero-order valence-corrected chi connectivity index (χ0v) is 17.9. The number of aromatic nitrogens is 2. The Morgan fingerprint density at radius 3 is 2.87 bits per heavy atom. The summed E-state index contributed by atoms with van der Waals surface area (Å²) in [5.74, 6) is 0.651. The van der Waals surface area contributed by atoms with Gasteiger partial charge >= 0.3 is 0 Å². The number of hydrogen-bond acceptors (Lipinski definition) is 4. The van der Waals surface area contributed by atoms with E-state index in [1.807, 2.05) is 66.2 Å². The Bertz CT molecular complexity index is 1240. The summed E-state index contributed by atoms with van der Waals surface area (Å²) in [7, 11) is 0. The van der Waals surface area contributed by atoms with E-state index in [1.54, 1.807) is 0 Å². The zero-order valence-electron chi connectivity index (χ0n) is 17.2. The first-order valence-electron chi connectivity index (χ1n) is 10.4. The van der Waals surface area contributed by atoms with E-state index in [4.69, 9.17) is 16.0 Å². The van der Waals surface area contributed by atoms with Gasteiger partial charge in [0, 0.05) is 39.8 Å². The topological polar surface area (TPSA) is 72.1 Å². The van der Waals surface area contributed by atoms with E-state index in [2.05, 4.69) is 15.7 Å². The van der Waals surface area contributed by atoms with Crippen molar-refractivity contribution in [3.63, 3.8) is 0 Å². The summed E-state index contributed by atoms with van der Waals surface area (Å²) < 4.78 is 8.03. The third-order valence-corrected chi connectivity index (χ3v) is 5.86. The minimum Gasteiger partial charge on any atom is -0.456 e. The lowest BCUT2D eigenvalue weighted by Gasteiger charge is -2.09. The van der Waals surface area contributed by atoms with Gasteiger partial charge in [-0.1, -0.05) is 41.9 Å². The van der Waals surface area contributed by atoms with Crippen molar-refractivity contribution >= 4 is 28.5 Å². The van der Waals surface area contributed by atoms with Crippen molar-refractivity contribution < 1.29 is 9.21 Å². The second kappa shape index (κ2) is 8.21. The quantitative estimate of drug-likeness (QED) is 0.488. The predicted octanol–water partition coefficient (Wildman–Crippen LogP) is 4.40. The second-order valence-electron chi connectivity index (χ2n) is 7.95. The maximum absolute atomic E-state index is 12.6. The van der Waals surface area contributed by atoms with Crippen molar-refractivity contribution in [3.8, 4) is 11.3 Å². The molecule has 7 heteroatoms. The SMILES string of the molecule is Cc1cc(C(=O)N[C@@H]2CCNC2)nn1Cc1cc(Cl)cc2cc(-c3ccccc3)oc12. The van der Waals surface area contributed by atoms with Gasteiger partial charge in [0.15, 0.2) is 0 Å². The van der Waals surface area contributed by atoms with Gasteiger partial charge in [-0.25, -0.2) is 0 Å². The molecular formula is C24H23ClN4O2. The highest BCUT2D eigenvalue weighted by atomic mass is 35.5. The average molecular weight is 435 g/mol. The van der Waals surface area contributed by atoms with Crippen molar-refractivity contribution in [1.82, 2.24) is 20.4 Å². The monoisotopic (exact) mass is 434 g/mol. The number of furan rings is 1. The van der Waals surface area contributed by atoms with Crippen LogP contribution in [-0.2, 0) is 6.54 Å². The number of benzene rings is 2. The molecule has 0 spiro atoms. The van der Waals surface area contributed by atoms with Crippen LogP contribution in [0.1, 0.15) is 28.2 Å². The van der Waals surface area contributed by atoms with Crippen LogP contribution in [0.25, 0.3) is 22.3 Å². The van der Waals surface area contributed by atoms with Crippen molar-refractivity contribution in [3.05, 3.63) is 76.6 Å². The van der Waals surface area contributed by atoms with E-state index in [0.29, 0.717) is 17.3 Å². The first kappa shape index (κ1) is 19.8. The molecule has 1 aliphatic rings. The largest absolute Gasteiger partial charge is 0.456 e. The summed E-state index contributed by atoms with van der Waals surface area (Å²) in [6.07, 6.45) is 0.939. The molecule has 1 fully saturated rings. The van der Waals surface area contributed by atoms with Crippen LogP contribution in [0.2, 0.25) is 5.02 Å². The molecule has 0 saturated carbocycles. The van der Waals surface area contributed by atoms with Crippen molar-refractivity contribution in [2.45, 2.75) is 25.9 Å². The number of aryl methyl sites for hydroxylation is 1. The van der Waals surface area contributed by atoms with E-state index in [9.17, 15) is 4.79 Å². The van der Waals surface area contributed by atoms with E-state index in [1.165, 1.54) is 0 Å². The lowest BCUT2D eigenvalue weighted by Crippen LogP contribution is -2.36. The van der Waals surface area contributed by atoms with Gasteiger partial charge in [0.05, 0.1) is 6.54 Å². The average Bonchev–Trinajstić information content (AvgIpc) is 3.49. The Morgan fingerprint density at radius 1 is 1.26 bits per heavy atom. The molecule has 1 amide bonds. The highest BCUT2D eigenvalue weighted by molar-refractivity contribution is 6.31. The van der Waals surface area contributed by atoms with Crippen LogP contribution in [0.3, 0.4) is 0 Å². The Hall–Kier alpha value is -3.09. The summed E-state index contributed by atoms with van der Waals surface area (Å²) in [4.78, 5) is 12.6. The lowest BCUT2D eigenvalue weighted by molar-refractivity contribution is 0.0934. The molecule has 1 aliphatic heterocycles. The number of nitrogens with one attached hydrogen (secondary N) is 2. The first-order valence-corrected chi connectivity index (χ1v) is 10.8. The van der Waals surface area contributed by atoms with Crippen LogP contribution >= 0.6 is 11.6 Å². The Kier molecular flexibility index (Phi) is 5.26. The number of fused-ring (bicyclic) bond motifs is 1. The number of halogens is 1. The van der Waals surface area contributed by atoms with Crippen LogP contribution in [0.15, 0.2) is 59.0 Å². The molecule has 3 heterocycles. The van der Waals surface area contributed by atoms with Crippen LogP contribution in [0.5, 0.6) is 0 Å². The summed E-state index contributed by atoms with van der Waals surface area (Å²) >= 11 is 6.39. The lowest BCUT2D eigenvalue weighted by atomic mass is 10.1. The van der Waals surface area contributed by atoms with E-state index in [-0.39, 0.29) is 11.9 Å². The number of carbonyl (C=O) groups excluding carboxylic acids is 1. The van der Waals surface area contributed by atoms with Crippen molar-refractivity contribution in [2.24, 2.45) is 0 Å². The normalized spacial score (nSPS) is 16.1. The number of amides is 1. The van der Waals surface area contributed by atoms with E-state index < -0.39 is 0 Å². The van der Waals surface area contributed by atoms with Crippen LogP contribution in [0.4, 0.5) is 0 Å². The Morgan fingerprint density at radius 2 is 2.10 bits per heavy atom. The smallest absolute Gasteiger partial charge is 0.272 e. The van der Waals surface area contributed by atoms with Gasteiger partial charge in [0.1, 0.15) is 17.0 Å². The van der Waals surface area contributed by atoms with Gasteiger partial charge in [-0.2, -0.15) is 5.10 Å². The zero-order chi connectivity index (χ0) is 21.4. The maximum atomic E-state index is 12.6. The van der Waals surface area contributed by atoms with Crippen LogP contribution < -0.4 is 10.6 Å². The molecule has 4 aromatic rings. The minimum absolute atomic E-state index is 0.142. The van der Waals surface area contributed by atoms with Crippen LogP contribution in [-0.4, -0.2) is 34.8 Å². The maximum Gasteiger partial charge on any atom is 0.272 e. The molecule has 2 aromatic carbocycles. The minimum atomic E-state index is -0.142. The van der Waals surface area contributed by atoms with Gasteiger partial charge in [-0.3, -0.25) is 9.48 Å². The van der Waals surface area contributed by atoms with E-state index in [0.717, 1.165) is 53.1 Å². The molecule has 0 aliphatic carbocycles. The molecule has 2 N–H and O–H groups in total. The highest BCUT2D eigenvalue weighted by Crippen LogP contribution is 2.32. The summed E-state index contributed by atoms with van der Waals surface area (Å²) in [5.41, 5.74) is 4.03. The summed E-state index contributed by atoms with van der Waals surface area (Å²) in [6, 6.07) is 17.8. The van der Waals surface area contributed by atoms with Gasteiger partial charge in [0.25, 0.3) is 5.91 Å². The van der Waals surface area contributed by atoms with Gasteiger partial charge in [-0.15, -0.1) is 0 Å². The fraction of sp³-hybridized carbons (Fsp3) is 0.250. The standard InChI is InChI=1S/C24H23ClN4O2/c1-15-9-21(24(30)27-20-7-8-26-13-20)28-29(15)14-18-11-19(25)10-17-12-22(31-23(17)18)16-5-3-2-4-6-16/h2-6,9-12,20,26H,7-8,13-14H2,1H3,(H,27,30)/t20-/m1/s1. The van der Waals surface area contributed by atoms with Gasteiger partial charge < -0.3 is 15.1 Å². The van der Waals surface area contributed by atoms with Crippen molar-refractivity contribution in [1.29, 1.82) is 0 Å². The second-order valence-corrected chi connectivity index (χ2v) is 8.39. The van der Waals surface area contributed by atoms with Gasteiger partial charge in [-0.05, 0) is 44.2 Å². The van der Waals surface area contributed by atoms with Gasteiger partial charge in [0.2, 0.25) is 0 Å². The third kappa shape index (κ3) is 4.09. The molecule has 6 nitrogen and oxygen atoms in total. The molecule has 0 bridgehead atoms. The molecule has 2 aromatic heterocycles. The Labute approximate surface area is 185 Å². The molecule has 0 unspecified atom stereocenters. The third-order valence-electron chi connectivity index (χ3n) is 5.65. The van der Waals surface area contributed by atoms with Crippen LogP contribution in [0, 0.1) is 6.92 Å². The number of nitrogens with zero attached hydrogens (tertiary/aromatic N) is 2. The fourth-order valence-corrected chi connectivity index (χ4v) is 4.28. The molecule has 158 valence electrons. The predicted molar refractivity (Wildman–Crippen MR) is 121 cm³/mol. The molecule has 0 radical (unpaired) electrons. The van der Waals surface area contributed by atoms with Crippen molar-refractivity contribution in [2.75, 3.05) is 13.1 Å². The summed E-state index contributed by atoms with van der Waals surface area (Å²) in [6.45, 7) is 4.13. The highest BCUT2D eigenvalue weighted by Gasteiger charge is 2.20.